The predicted molar refractivity (Wildman–Crippen MR) is 110 cm³/mol. The summed E-state index contributed by atoms with van der Waals surface area (Å²) in [5.41, 5.74) is 2.77. The lowest BCUT2D eigenvalue weighted by atomic mass is 10.0. The molecule has 28 heavy (non-hydrogen) atoms. The monoisotopic (exact) mass is 382 g/mol. The number of nitrogens with one attached hydrogen (secondary N) is 3. The van der Waals surface area contributed by atoms with Crippen LogP contribution in [-0.2, 0) is 18.4 Å². The molecule has 2 atom stereocenters. The van der Waals surface area contributed by atoms with E-state index in [1.165, 1.54) is 29.0 Å². The first-order chi connectivity index (χ1) is 13.7. The van der Waals surface area contributed by atoms with Crippen LogP contribution < -0.4 is 15.1 Å². The molecular weight excluding hydrogens is 348 g/mol. The van der Waals surface area contributed by atoms with Gasteiger partial charge in [-0.15, -0.1) is 0 Å². The number of benzene rings is 1. The zero-order chi connectivity index (χ0) is 19.3. The van der Waals surface area contributed by atoms with Crippen LogP contribution in [0.25, 0.3) is 0 Å². The van der Waals surface area contributed by atoms with Gasteiger partial charge in [-0.05, 0) is 12.1 Å². The molecule has 150 valence electrons. The highest BCUT2D eigenvalue weighted by Gasteiger charge is 2.33. The lowest BCUT2D eigenvalue weighted by Gasteiger charge is -2.30. The van der Waals surface area contributed by atoms with E-state index in [9.17, 15) is 4.79 Å². The lowest BCUT2D eigenvalue weighted by Crippen LogP contribution is -3.12. The standard InChI is InChI=1S/C23H32N4O/c1-25-13-5-9-21(25)22-10-6-14-27(22)18-23(28)24-20-11-15-26(16-12-20)17-19-7-3-2-4-8-19/h2-5,7-9,13,20,22H,6,10-12,14-18H2,1H3,(H,24,28)/p+2/t22-/m1/s1. The van der Waals surface area contributed by atoms with Gasteiger partial charge in [-0.3, -0.25) is 4.79 Å². The second-order valence-electron chi connectivity index (χ2n) is 8.58. The summed E-state index contributed by atoms with van der Waals surface area (Å²) in [6.07, 6.45) is 6.67. The number of amides is 1. The Bertz CT molecular complexity index is 764. The third-order valence-corrected chi connectivity index (χ3v) is 6.57. The van der Waals surface area contributed by atoms with Gasteiger partial charge in [0.05, 0.1) is 25.3 Å². The van der Waals surface area contributed by atoms with E-state index in [0.717, 1.165) is 39.0 Å². The Morgan fingerprint density at radius 2 is 1.86 bits per heavy atom. The summed E-state index contributed by atoms with van der Waals surface area (Å²) in [6, 6.07) is 15.9. The molecule has 1 unspecified atom stereocenters. The van der Waals surface area contributed by atoms with Crippen LogP contribution in [0.2, 0.25) is 0 Å². The van der Waals surface area contributed by atoms with E-state index in [0.29, 0.717) is 18.6 Å². The number of carbonyl (C=O) groups is 1. The fourth-order valence-electron chi connectivity index (χ4n) is 5.03. The number of aromatic nitrogens is 1. The van der Waals surface area contributed by atoms with Crippen LogP contribution in [0.1, 0.15) is 43.0 Å². The highest BCUT2D eigenvalue weighted by molar-refractivity contribution is 5.77. The van der Waals surface area contributed by atoms with Crippen molar-refractivity contribution in [1.29, 1.82) is 0 Å². The van der Waals surface area contributed by atoms with Crippen molar-refractivity contribution >= 4 is 5.91 Å². The second kappa shape index (κ2) is 8.93. The van der Waals surface area contributed by atoms with Gasteiger partial charge in [0.25, 0.3) is 5.91 Å². The number of aryl methyl sites for hydroxylation is 1. The van der Waals surface area contributed by atoms with Crippen molar-refractivity contribution in [2.75, 3.05) is 26.2 Å². The molecule has 2 aromatic rings. The molecule has 5 nitrogen and oxygen atoms in total. The maximum Gasteiger partial charge on any atom is 0.275 e. The molecule has 1 aromatic heterocycles. The van der Waals surface area contributed by atoms with Crippen molar-refractivity contribution in [2.45, 2.75) is 44.3 Å². The average molecular weight is 383 g/mol. The van der Waals surface area contributed by atoms with E-state index in [1.54, 1.807) is 4.90 Å². The van der Waals surface area contributed by atoms with Crippen LogP contribution >= 0.6 is 0 Å². The van der Waals surface area contributed by atoms with Gasteiger partial charge in [0, 0.05) is 50.5 Å². The van der Waals surface area contributed by atoms with Gasteiger partial charge < -0.3 is 19.7 Å². The van der Waals surface area contributed by atoms with Gasteiger partial charge >= 0.3 is 0 Å². The number of nitrogens with zero attached hydrogens (tertiary/aromatic N) is 1. The minimum absolute atomic E-state index is 0.229. The van der Waals surface area contributed by atoms with Crippen molar-refractivity contribution in [1.82, 2.24) is 9.88 Å². The molecule has 0 saturated carbocycles. The van der Waals surface area contributed by atoms with Crippen LogP contribution in [0, 0.1) is 0 Å². The summed E-state index contributed by atoms with van der Waals surface area (Å²) < 4.78 is 2.21. The highest BCUT2D eigenvalue weighted by atomic mass is 16.2. The number of rotatable bonds is 6. The van der Waals surface area contributed by atoms with E-state index in [2.05, 4.69) is 65.6 Å². The van der Waals surface area contributed by atoms with Gasteiger partial charge in [-0.2, -0.15) is 0 Å². The van der Waals surface area contributed by atoms with Gasteiger partial charge in [0.15, 0.2) is 6.54 Å². The third kappa shape index (κ3) is 4.65. The minimum atomic E-state index is 0.229. The molecule has 1 aromatic carbocycles. The van der Waals surface area contributed by atoms with E-state index in [-0.39, 0.29) is 5.91 Å². The molecule has 0 aliphatic carbocycles. The lowest BCUT2D eigenvalue weighted by molar-refractivity contribution is -0.919. The largest absolute Gasteiger partial charge is 0.350 e. The molecular formula is C23H34N4O+2. The Hall–Kier alpha value is -2.11. The summed E-state index contributed by atoms with van der Waals surface area (Å²) in [7, 11) is 2.11. The molecule has 4 rings (SSSR count). The van der Waals surface area contributed by atoms with Crippen LogP contribution in [0.4, 0.5) is 0 Å². The number of hydrogen-bond acceptors (Lipinski definition) is 1. The molecule has 2 saturated heterocycles. The number of likely N-dealkylation sites (tertiary alicyclic amines) is 2. The number of carbonyl (C=O) groups excluding carboxylic acids is 1. The van der Waals surface area contributed by atoms with Gasteiger partial charge in [0.1, 0.15) is 12.6 Å². The molecule has 2 fully saturated rings. The maximum absolute atomic E-state index is 12.7. The minimum Gasteiger partial charge on any atom is -0.350 e. The Labute approximate surface area is 168 Å². The Kier molecular flexibility index (Phi) is 6.13. The average Bonchev–Trinajstić information content (AvgIpc) is 3.32. The fraction of sp³-hybridized carbons (Fsp3) is 0.522. The summed E-state index contributed by atoms with van der Waals surface area (Å²) >= 11 is 0. The summed E-state index contributed by atoms with van der Waals surface area (Å²) in [5.74, 6) is 0.229. The van der Waals surface area contributed by atoms with Crippen molar-refractivity contribution in [3.8, 4) is 0 Å². The van der Waals surface area contributed by atoms with Crippen LogP contribution in [0.3, 0.4) is 0 Å². The Morgan fingerprint density at radius 3 is 2.57 bits per heavy atom. The smallest absolute Gasteiger partial charge is 0.275 e. The van der Waals surface area contributed by atoms with Crippen LogP contribution in [0.15, 0.2) is 48.7 Å². The molecule has 0 radical (unpaired) electrons. The number of hydrogen-bond donors (Lipinski definition) is 3. The molecule has 0 bridgehead atoms. The van der Waals surface area contributed by atoms with E-state index >= 15 is 0 Å². The zero-order valence-electron chi connectivity index (χ0n) is 17.0. The van der Waals surface area contributed by atoms with Crippen LogP contribution in [-0.4, -0.2) is 42.7 Å². The molecule has 1 amide bonds. The Balaban J connectivity index is 1.23. The summed E-state index contributed by atoms with van der Waals surface area (Å²) in [5, 5.41) is 3.33. The molecule has 2 aliphatic heterocycles. The van der Waals surface area contributed by atoms with Crippen molar-refractivity contribution in [3.05, 3.63) is 59.9 Å². The highest BCUT2D eigenvalue weighted by Crippen LogP contribution is 2.18. The topological polar surface area (TPSA) is 42.9 Å². The van der Waals surface area contributed by atoms with Crippen molar-refractivity contribution in [2.24, 2.45) is 7.05 Å². The molecule has 5 heteroatoms. The van der Waals surface area contributed by atoms with Crippen LogP contribution in [0.5, 0.6) is 0 Å². The second-order valence-corrected chi connectivity index (χ2v) is 8.58. The normalized spacial score (nSPS) is 27.6. The zero-order valence-corrected chi connectivity index (χ0v) is 17.0. The van der Waals surface area contributed by atoms with E-state index < -0.39 is 0 Å². The van der Waals surface area contributed by atoms with E-state index in [4.69, 9.17) is 0 Å². The number of piperidine rings is 1. The third-order valence-electron chi connectivity index (χ3n) is 6.57. The fourth-order valence-corrected chi connectivity index (χ4v) is 5.03. The summed E-state index contributed by atoms with van der Waals surface area (Å²) in [4.78, 5) is 15.7. The molecule has 0 spiro atoms. The number of quaternary nitrogens is 2. The molecule has 3 N–H and O–H groups in total. The maximum atomic E-state index is 12.7. The molecule has 2 aliphatic rings. The first-order valence-electron chi connectivity index (χ1n) is 10.8. The SMILES string of the molecule is Cn1cccc1[C@H]1CCC[NH+]1CC(=O)NC1CC[NH+](Cc2ccccc2)CC1. The summed E-state index contributed by atoms with van der Waals surface area (Å²) in [6.45, 7) is 5.08. The van der Waals surface area contributed by atoms with E-state index in [1.807, 2.05) is 0 Å². The quantitative estimate of drug-likeness (QED) is 0.652. The van der Waals surface area contributed by atoms with Gasteiger partial charge in [0.2, 0.25) is 0 Å². The van der Waals surface area contributed by atoms with Gasteiger partial charge in [-0.1, -0.05) is 30.3 Å². The Morgan fingerprint density at radius 1 is 1.07 bits per heavy atom. The first-order valence-corrected chi connectivity index (χ1v) is 10.8. The van der Waals surface area contributed by atoms with Gasteiger partial charge in [-0.25, -0.2) is 0 Å². The van der Waals surface area contributed by atoms with Crippen molar-refractivity contribution < 1.29 is 14.6 Å². The van der Waals surface area contributed by atoms with Crippen molar-refractivity contribution in [3.63, 3.8) is 0 Å². The molecule has 3 heterocycles. The predicted octanol–water partition coefficient (Wildman–Crippen LogP) is 0.109. The first kappa shape index (κ1) is 19.2.